The first kappa shape index (κ1) is 8.54. The van der Waals surface area contributed by atoms with E-state index in [4.69, 9.17) is 0 Å². The predicted molar refractivity (Wildman–Crippen MR) is 54.6 cm³/mol. The first-order valence-electron chi connectivity index (χ1n) is 5.00. The van der Waals surface area contributed by atoms with Crippen LogP contribution in [0.2, 0.25) is 0 Å². The summed E-state index contributed by atoms with van der Waals surface area (Å²) in [5.41, 5.74) is 1.14. The van der Waals surface area contributed by atoms with E-state index in [0.717, 1.165) is 24.1 Å². The predicted octanol–water partition coefficient (Wildman–Crippen LogP) is 2.54. The molecule has 0 saturated heterocycles. The lowest BCUT2D eigenvalue weighted by atomic mass is 9.75. The van der Waals surface area contributed by atoms with Crippen LogP contribution in [0, 0.1) is 11.8 Å². The minimum absolute atomic E-state index is 0.875. The SMILES string of the molecule is CC1CCC1CNc1cccnc1. The topological polar surface area (TPSA) is 24.9 Å². The maximum atomic E-state index is 4.06. The Morgan fingerprint density at radius 1 is 1.54 bits per heavy atom. The van der Waals surface area contributed by atoms with Crippen molar-refractivity contribution >= 4 is 5.69 Å². The fourth-order valence-corrected chi connectivity index (χ4v) is 1.76. The zero-order valence-electron chi connectivity index (χ0n) is 8.03. The molecule has 2 atom stereocenters. The Morgan fingerprint density at radius 3 is 3.00 bits per heavy atom. The molecule has 1 aliphatic carbocycles. The number of hydrogen-bond donors (Lipinski definition) is 1. The average Bonchev–Trinajstić information content (AvgIpc) is 2.17. The van der Waals surface area contributed by atoms with Crippen molar-refractivity contribution in [1.29, 1.82) is 0 Å². The summed E-state index contributed by atoms with van der Waals surface area (Å²) in [4.78, 5) is 4.06. The normalized spacial score (nSPS) is 26.5. The molecule has 0 spiro atoms. The van der Waals surface area contributed by atoms with E-state index in [1.54, 1.807) is 6.20 Å². The van der Waals surface area contributed by atoms with Gasteiger partial charge in [0.05, 0.1) is 5.69 Å². The quantitative estimate of drug-likeness (QED) is 0.765. The van der Waals surface area contributed by atoms with Gasteiger partial charge in [-0.2, -0.15) is 0 Å². The van der Waals surface area contributed by atoms with Crippen molar-refractivity contribution in [2.45, 2.75) is 19.8 Å². The lowest BCUT2D eigenvalue weighted by Crippen LogP contribution is -2.29. The fraction of sp³-hybridized carbons (Fsp3) is 0.545. The van der Waals surface area contributed by atoms with Crippen molar-refractivity contribution in [3.63, 3.8) is 0 Å². The van der Waals surface area contributed by atoms with Crippen LogP contribution in [0.5, 0.6) is 0 Å². The van der Waals surface area contributed by atoms with Crippen molar-refractivity contribution < 1.29 is 0 Å². The van der Waals surface area contributed by atoms with E-state index in [2.05, 4.69) is 23.3 Å². The average molecular weight is 176 g/mol. The van der Waals surface area contributed by atoms with Gasteiger partial charge in [-0.1, -0.05) is 13.3 Å². The molecule has 1 N–H and O–H groups in total. The Labute approximate surface area is 79.4 Å². The first-order valence-corrected chi connectivity index (χ1v) is 5.00. The fourth-order valence-electron chi connectivity index (χ4n) is 1.76. The van der Waals surface area contributed by atoms with Crippen molar-refractivity contribution in [3.05, 3.63) is 24.5 Å². The number of rotatable bonds is 3. The van der Waals surface area contributed by atoms with Gasteiger partial charge in [-0.15, -0.1) is 0 Å². The van der Waals surface area contributed by atoms with Crippen LogP contribution in [0.3, 0.4) is 0 Å². The van der Waals surface area contributed by atoms with Crippen LogP contribution in [-0.4, -0.2) is 11.5 Å². The van der Waals surface area contributed by atoms with E-state index in [1.807, 2.05) is 12.3 Å². The maximum absolute atomic E-state index is 4.06. The molecule has 1 heterocycles. The van der Waals surface area contributed by atoms with E-state index in [-0.39, 0.29) is 0 Å². The van der Waals surface area contributed by atoms with Gasteiger partial charge >= 0.3 is 0 Å². The van der Waals surface area contributed by atoms with Gasteiger partial charge in [0, 0.05) is 18.9 Å². The Bertz CT molecular complexity index is 258. The van der Waals surface area contributed by atoms with Crippen molar-refractivity contribution in [2.75, 3.05) is 11.9 Å². The van der Waals surface area contributed by atoms with Gasteiger partial charge in [0.1, 0.15) is 0 Å². The Kier molecular flexibility index (Phi) is 2.48. The molecule has 2 heteroatoms. The van der Waals surface area contributed by atoms with Crippen molar-refractivity contribution in [1.82, 2.24) is 4.98 Å². The van der Waals surface area contributed by atoms with E-state index in [9.17, 15) is 0 Å². The lowest BCUT2D eigenvalue weighted by molar-refractivity contribution is 0.210. The van der Waals surface area contributed by atoms with Crippen LogP contribution in [0.15, 0.2) is 24.5 Å². The smallest absolute Gasteiger partial charge is 0.0526 e. The monoisotopic (exact) mass is 176 g/mol. The van der Waals surface area contributed by atoms with Crippen LogP contribution >= 0.6 is 0 Å². The van der Waals surface area contributed by atoms with Gasteiger partial charge in [-0.25, -0.2) is 0 Å². The van der Waals surface area contributed by atoms with Crippen LogP contribution in [0.1, 0.15) is 19.8 Å². The van der Waals surface area contributed by atoms with Gasteiger partial charge in [0.25, 0.3) is 0 Å². The van der Waals surface area contributed by atoms with Gasteiger partial charge in [0.15, 0.2) is 0 Å². The third-order valence-corrected chi connectivity index (χ3v) is 3.03. The molecule has 1 aliphatic rings. The second-order valence-electron chi connectivity index (χ2n) is 3.94. The summed E-state index contributed by atoms with van der Waals surface area (Å²) in [7, 11) is 0. The highest BCUT2D eigenvalue weighted by Gasteiger charge is 2.25. The number of hydrogen-bond acceptors (Lipinski definition) is 2. The Balaban J connectivity index is 1.80. The summed E-state index contributed by atoms with van der Waals surface area (Å²) >= 11 is 0. The molecule has 0 aliphatic heterocycles. The number of pyridine rings is 1. The van der Waals surface area contributed by atoms with Crippen LogP contribution in [0.25, 0.3) is 0 Å². The van der Waals surface area contributed by atoms with E-state index in [1.165, 1.54) is 12.8 Å². The summed E-state index contributed by atoms with van der Waals surface area (Å²) in [6, 6.07) is 4.03. The molecule has 13 heavy (non-hydrogen) atoms. The van der Waals surface area contributed by atoms with E-state index in [0.29, 0.717) is 0 Å². The standard InChI is InChI=1S/C11H16N2/c1-9-4-5-10(9)7-13-11-3-2-6-12-8-11/h2-3,6,8-10,13H,4-5,7H2,1H3. The largest absolute Gasteiger partial charge is 0.384 e. The van der Waals surface area contributed by atoms with Gasteiger partial charge < -0.3 is 5.32 Å². The molecule has 1 aromatic rings. The summed E-state index contributed by atoms with van der Waals surface area (Å²) in [5, 5.41) is 3.41. The van der Waals surface area contributed by atoms with E-state index >= 15 is 0 Å². The Morgan fingerprint density at radius 2 is 2.46 bits per heavy atom. The number of nitrogens with one attached hydrogen (secondary N) is 1. The lowest BCUT2D eigenvalue weighted by Gasteiger charge is -2.34. The molecule has 1 aromatic heterocycles. The van der Waals surface area contributed by atoms with Crippen LogP contribution in [0.4, 0.5) is 5.69 Å². The molecule has 0 radical (unpaired) electrons. The number of aromatic nitrogens is 1. The second kappa shape index (κ2) is 3.77. The van der Waals surface area contributed by atoms with Crippen LogP contribution < -0.4 is 5.32 Å². The molecule has 70 valence electrons. The maximum Gasteiger partial charge on any atom is 0.0526 e. The molecule has 0 aromatic carbocycles. The van der Waals surface area contributed by atoms with Gasteiger partial charge in [-0.05, 0) is 30.4 Å². The molecular formula is C11H16N2. The zero-order chi connectivity index (χ0) is 9.10. The summed E-state index contributed by atoms with van der Waals surface area (Å²) in [6.07, 6.45) is 6.47. The van der Waals surface area contributed by atoms with Gasteiger partial charge in [0.2, 0.25) is 0 Å². The molecule has 2 nitrogen and oxygen atoms in total. The minimum Gasteiger partial charge on any atom is -0.384 e. The highest BCUT2D eigenvalue weighted by Crippen LogP contribution is 2.33. The summed E-state index contributed by atoms with van der Waals surface area (Å²) < 4.78 is 0. The number of anilines is 1. The first-order chi connectivity index (χ1) is 6.36. The van der Waals surface area contributed by atoms with E-state index < -0.39 is 0 Å². The third kappa shape index (κ3) is 2.00. The molecular weight excluding hydrogens is 160 g/mol. The molecule has 0 bridgehead atoms. The minimum atomic E-state index is 0.875. The van der Waals surface area contributed by atoms with Crippen LogP contribution in [-0.2, 0) is 0 Å². The second-order valence-corrected chi connectivity index (χ2v) is 3.94. The van der Waals surface area contributed by atoms with Crippen molar-refractivity contribution in [3.8, 4) is 0 Å². The zero-order valence-corrected chi connectivity index (χ0v) is 8.03. The highest BCUT2D eigenvalue weighted by atomic mass is 14.9. The third-order valence-electron chi connectivity index (χ3n) is 3.03. The molecule has 0 amide bonds. The van der Waals surface area contributed by atoms with Crippen molar-refractivity contribution in [2.24, 2.45) is 11.8 Å². The summed E-state index contributed by atoms with van der Waals surface area (Å²) in [6.45, 7) is 3.44. The van der Waals surface area contributed by atoms with Gasteiger partial charge in [-0.3, -0.25) is 4.98 Å². The molecule has 1 saturated carbocycles. The molecule has 2 rings (SSSR count). The number of nitrogens with zero attached hydrogens (tertiary/aromatic N) is 1. The molecule has 1 fully saturated rings. The highest BCUT2D eigenvalue weighted by molar-refractivity contribution is 5.39. The molecule has 2 unspecified atom stereocenters. The Hall–Kier alpha value is -1.05. The summed E-state index contributed by atoms with van der Waals surface area (Å²) in [5.74, 6) is 1.78.